The number of piperazine rings is 1. The third-order valence-electron chi connectivity index (χ3n) is 3.61. The number of anilines is 1. The largest absolute Gasteiger partial charge is 0.342 e. The van der Waals surface area contributed by atoms with Gasteiger partial charge in [-0.1, -0.05) is 36.7 Å². The highest BCUT2D eigenvalue weighted by Gasteiger charge is 2.42. The van der Waals surface area contributed by atoms with Crippen molar-refractivity contribution in [2.75, 3.05) is 4.90 Å². The monoisotopic (exact) mass is 356 g/mol. The van der Waals surface area contributed by atoms with E-state index in [0.717, 1.165) is 0 Å². The average Bonchev–Trinajstić information content (AvgIpc) is 2.40. The summed E-state index contributed by atoms with van der Waals surface area (Å²) >= 11 is 3.19. The van der Waals surface area contributed by atoms with Gasteiger partial charge in [0.1, 0.15) is 17.9 Å². The van der Waals surface area contributed by atoms with Gasteiger partial charge in [-0.15, -0.1) is 0 Å². The first kappa shape index (κ1) is 15.9. The van der Waals surface area contributed by atoms with E-state index in [1.807, 2.05) is 20.8 Å². The number of nitrogens with zero attached hydrogens (tertiary/aromatic N) is 1. The summed E-state index contributed by atoms with van der Waals surface area (Å²) in [7, 11) is 0. The highest BCUT2D eigenvalue weighted by Crippen LogP contribution is 2.30. The topological polar surface area (TPSA) is 49.4 Å². The van der Waals surface area contributed by atoms with Crippen molar-refractivity contribution in [3.8, 4) is 0 Å². The van der Waals surface area contributed by atoms with Gasteiger partial charge in [0, 0.05) is 4.47 Å². The van der Waals surface area contributed by atoms with E-state index < -0.39 is 17.9 Å². The molecule has 1 aliphatic heterocycles. The second-order valence-corrected chi connectivity index (χ2v) is 6.38. The molecule has 0 aromatic heterocycles. The predicted octanol–water partition coefficient (Wildman–Crippen LogP) is 2.85. The second kappa shape index (κ2) is 6.13. The van der Waals surface area contributed by atoms with Crippen LogP contribution in [0.5, 0.6) is 0 Å². The second-order valence-electron chi connectivity index (χ2n) is 5.46. The summed E-state index contributed by atoms with van der Waals surface area (Å²) in [6.07, 6.45) is 0.476. The zero-order valence-electron chi connectivity index (χ0n) is 12.2. The highest BCUT2D eigenvalue weighted by atomic mass is 79.9. The standard InChI is InChI=1S/C15H18BrFN2O2/c1-4-11-15(21)19(13(8(2)3)14(20)18-11)12-6-5-9(16)7-10(12)17/h5-8,11,13H,4H2,1-3H3,(H,18,20). The molecule has 2 rings (SSSR count). The molecular weight excluding hydrogens is 339 g/mol. The average molecular weight is 357 g/mol. The summed E-state index contributed by atoms with van der Waals surface area (Å²) in [5.41, 5.74) is 0.148. The number of carbonyl (C=O) groups excluding carboxylic acids is 2. The fourth-order valence-corrected chi connectivity index (χ4v) is 2.90. The Bertz CT molecular complexity index is 577. The maximum atomic E-state index is 14.2. The van der Waals surface area contributed by atoms with E-state index in [-0.39, 0.29) is 23.4 Å². The Morgan fingerprint density at radius 1 is 1.38 bits per heavy atom. The molecule has 0 bridgehead atoms. The third-order valence-corrected chi connectivity index (χ3v) is 4.10. The number of carbonyl (C=O) groups is 2. The van der Waals surface area contributed by atoms with E-state index in [1.165, 1.54) is 17.0 Å². The van der Waals surface area contributed by atoms with Crippen LogP contribution in [0.2, 0.25) is 0 Å². The molecule has 1 aromatic carbocycles. The molecule has 1 aromatic rings. The molecule has 1 heterocycles. The number of benzene rings is 1. The fraction of sp³-hybridized carbons (Fsp3) is 0.467. The smallest absolute Gasteiger partial charge is 0.250 e. The summed E-state index contributed by atoms with van der Waals surface area (Å²) in [6.45, 7) is 5.50. The quantitative estimate of drug-likeness (QED) is 0.905. The van der Waals surface area contributed by atoms with Crippen LogP contribution in [0.25, 0.3) is 0 Å². The lowest BCUT2D eigenvalue weighted by Crippen LogP contribution is -2.65. The van der Waals surface area contributed by atoms with Crippen LogP contribution < -0.4 is 10.2 Å². The van der Waals surface area contributed by atoms with Crippen molar-refractivity contribution in [1.29, 1.82) is 0 Å². The summed E-state index contributed by atoms with van der Waals surface area (Å²) in [4.78, 5) is 26.2. The van der Waals surface area contributed by atoms with Gasteiger partial charge in [0.15, 0.2) is 0 Å². The van der Waals surface area contributed by atoms with Crippen LogP contribution in [0.15, 0.2) is 22.7 Å². The summed E-state index contributed by atoms with van der Waals surface area (Å²) in [5.74, 6) is -1.14. The van der Waals surface area contributed by atoms with Crippen LogP contribution in [0.1, 0.15) is 27.2 Å². The molecule has 2 atom stereocenters. The fourth-order valence-electron chi connectivity index (χ4n) is 2.56. The van der Waals surface area contributed by atoms with Gasteiger partial charge < -0.3 is 5.32 Å². The number of rotatable bonds is 3. The van der Waals surface area contributed by atoms with E-state index in [4.69, 9.17) is 0 Å². The van der Waals surface area contributed by atoms with Crippen molar-refractivity contribution in [2.45, 2.75) is 39.3 Å². The van der Waals surface area contributed by atoms with E-state index in [9.17, 15) is 14.0 Å². The first-order chi connectivity index (χ1) is 9.86. The molecule has 2 amide bonds. The minimum Gasteiger partial charge on any atom is -0.342 e. The van der Waals surface area contributed by atoms with E-state index in [2.05, 4.69) is 21.2 Å². The molecule has 114 valence electrons. The number of hydrogen-bond acceptors (Lipinski definition) is 2. The molecule has 6 heteroatoms. The molecule has 1 fully saturated rings. The maximum absolute atomic E-state index is 14.2. The third kappa shape index (κ3) is 2.95. The van der Waals surface area contributed by atoms with Crippen LogP contribution in [-0.4, -0.2) is 23.9 Å². The van der Waals surface area contributed by atoms with Crippen molar-refractivity contribution in [1.82, 2.24) is 5.32 Å². The van der Waals surface area contributed by atoms with Gasteiger partial charge in [0.25, 0.3) is 0 Å². The number of nitrogens with one attached hydrogen (secondary N) is 1. The Morgan fingerprint density at radius 2 is 2.05 bits per heavy atom. The van der Waals surface area contributed by atoms with Crippen LogP contribution in [0, 0.1) is 11.7 Å². The molecule has 0 saturated carbocycles. The van der Waals surface area contributed by atoms with Crippen LogP contribution >= 0.6 is 15.9 Å². The molecule has 1 aliphatic rings. The van der Waals surface area contributed by atoms with Crippen molar-refractivity contribution in [3.63, 3.8) is 0 Å². The minimum absolute atomic E-state index is 0.116. The Kier molecular flexibility index (Phi) is 4.66. The number of hydrogen-bond donors (Lipinski definition) is 1. The zero-order valence-corrected chi connectivity index (χ0v) is 13.8. The first-order valence-electron chi connectivity index (χ1n) is 6.95. The highest BCUT2D eigenvalue weighted by molar-refractivity contribution is 9.10. The minimum atomic E-state index is -0.698. The molecule has 0 aliphatic carbocycles. The lowest BCUT2D eigenvalue weighted by atomic mass is 9.95. The molecular formula is C15H18BrFN2O2. The molecule has 0 spiro atoms. The summed E-state index contributed by atoms with van der Waals surface area (Å²) in [5, 5.41) is 2.72. The van der Waals surface area contributed by atoms with Gasteiger partial charge in [0.05, 0.1) is 5.69 Å². The van der Waals surface area contributed by atoms with Gasteiger partial charge in [0.2, 0.25) is 11.8 Å². The van der Waals surface area contributed by atoms with Crippen molar-refractivity contribution < 1.29 is 14.0 Å². The van der Waals surface area contributed by atoms with E-state index in [0.29, 0.717) is 10.9 Å². The maximum Gasteiger partial charge on any atom is 0.250 e. The predicted molar refractivity (Wildman–Crippen MR) is 82.4 cm³/mol. The van der Waals surface area contributed by atoms with Crippen LogP contribution in [0.4, 0.5) is 10.1 Å². The van der Waals surface area contributed by atoms with Crippen LogP contribution in [-0.2, 0) is 9.59 Å². The Morgan fingerprint density at radius 3 is 2.57 bits per heavy atom. The van der Waals surface area contributed by atoms with Gasteiger partial charge >= 0.3 is 0 Å². The Labute approximate surface area is 131 Å². The van der Waals surface area contributed by atoms with Crippen molar-refractivity contribution in [3.05, 3.63) is 28.5 Å². The van der Waals surface area contributed by atoms with Crippen molar-refractivity contribution in [2.24, 2.45) is 5.92 Å². The molecule has 0 radical (unpaired) electrons. The van der Waals surface area contributed by atoms with E-state index in [1.54, 1.807) is 6.07 Å². The molecule has 2 unspecified atom stereocenters. The first-order valence-corrected chi connectivity index (χ1v) is 7.74. The number of amides is 2. The van der Waals surface area contributed by atoms with Gasteiger partial charge in [-0.3, -0.25) is 14.5 Å². The van der Waals surface area contributed by atoms with Gasteiger partial charge in [-0.05, 0) is 30.5 Å². The molecule has 21 heavy (non-hydrogen) atoms. The molecule has 4 nitrogen and oxygen atoms in total. The normalized spacial score (nSPS) is 22.7. The van der Waals surface area contributed by atoms with Gasteiger partial charge in [-0.2, -0.15) is 0 Å². The molecule has 1 N–H and O–H groups in total. The van der Waals surface area contributed by atoms with Crippen molar-refractivity contribution >= 4 is 33.4 Å². The number of halogens is 2. The summed E-state index contributed by atoms with van der Waals surface area (Å²) < 4.78 is 14.8. The lowest BCUT2D eigenvalue weighted by molar-refractivity contribution is -0.134. The summed E-state index contributed by atoms with van der Waals surface area (Å²) in [6, 6.07) is 3.19. The van der Waals surface area contributed by atoms with Crippen LogP contribution in [0.3, 0.4) is 0 Å². The SMILES string of the molecule is CCC1NC(=O)C(C(C)C)N(c2ccc(Br)cc2F)C1=O. The van der Waals surface area contributed by atoms with E-state index >= 15 is 0 Å². The Hall–Kier alpha value is -1.43. The molecule has 1 saturated heterocycles. The lowest BCUT2D eigenvalue weighted by Gasteiger charge is -2.40. The van der Waals surface area contributed by atoms with Gasteiger partial charge in [-0.25, -0.2) is 4.39 Å². The Balaban J connectivity index is 2.52. The zero-order chi connectivity index (χ0) is 15.7.